The van der Waals surface area contributed by atoms with E-state index in [1.807, 2.05) is 19.9 Å². The van der Waals surface area contributed by atoms with Crippen molar-refractivity contribution in [1.82, 2.24) is 9.62 Å². The zero-order valence-corrected chi connectivity index (χ0v) is 13.7. The van der Waals surface area contributed by atoms with Gasteiger partial charge in [0.25, 0.3) is 0 Å². The Balaban J connectivity index is 2.97. The summed E-state index contributed by atoms with van der Waals surface area (Å²) in [4.78, 5) is 0.373. The fourth-order valence-electron chi connectivity index (χ4n) is 2.09. The van der Waals surface area contributed by atoms with Gasteiger partial charge in [-0.1, -0.05) is 32.4 Å². The summed E-state index contributed by atoms with van der Waals surface area (Å²) in [5.41, 5.74) is 0.990. The summed E-state index contributed by atoms with van der Waals surface area (Å²) in [5, 5.41) is 3.21. The number of benzene rings is 1. The van der Waals surface area contributed by atoms with Gasteiger partial charge in [-0.05, 0) is 37.6 Å². The monoisotopic (exact) mass is 298 g/mol. The molecular weight excluding hydrogens is 272 g/mol. The van der Waals surface area contributed by atoms with Crippen LogP contribution in [0.3, 0.4) is 0 Å². The summed E-state index contributed by atoms with van der Waals surface area (Å²) >= 11 is 0. The van der Waals surface area contributed by atoms with Gasteiger partial charge in [0, 0.05) is 19.6 Å². The standard InChI is InChI=1S/C15H26N2O2S/c1-5-8-13(3)17(4)20(18,19)15-10-7-9-14(11-15)12-16-6-2/h7,9-11,13,16H,5-6,8,12H2,1-4H3. The van der Waals surface area contributed by atoms with Crippen LogP contribution in [-0.4, -0.2) is 32.4 Å². The largest absolute Gasteiger partial charge is 0.313 e. The second kappa shape index (κ2) is 7.76. The van der Waals surface area contributed by atoms with Crippen molar-refractivity contribution in [3.8, 4) is 0 Å². The zero-order valence-electron chi connectivity index (χ0n) is 12.9. The van der Waals surface area contributed by atoms with Crippen molar-refractivity contribution in [2.75, 3.05) is 13.6 Å². The molecule has 0 spiro atoms. The SMILES string of the molecule is CCCC(C)N(C)S(=O)(=O)c1cccc(CNCC)c1. The van der Waals surface area contributed by atoms with E-state index in [0.717, 1.165) is 24.9 Å². The van der Waals surface area contributed by atoms with Crippen molar-refractivity contribution in [2.45, 2.75) is 51.1 Å². The molecule has 1 rings (SSSR count). The fourth-order valence-corrected chi connectivity index (χ4v) is 3.55. The summed E-state index contributed by atoms with van der Waals surface area (Å²) in [6, 6.07) is 7.18. The van der Waals surface area contributed by atoms with E-state index in [2.05, 4.69) is 12.2 Å². The normalized spacial score (nSPS) is 13.7. The predicted molar refractivity (Wildman–Crippen MR) is 83.1 cm³/mol. The van der Waals surface area contributed by atoms with E-state index in [1.54, 1.807) is 25.2 Å². The molecule has 0 radical (unpaired) electrons. The smallest absolute Gasteiger partial charge is 0.243 e. The lowest BCUT2D eigenvalue weighted by Gasteiger charge is -2.24. The molecule has 1 aromatic rings. The molecule has 1 unspecified atom stereocenters. The van der Waals surface area contributed by atoms with Crippen LogP contribution in [0, 0.1) is 0 Å². The fraction of sp³-hybridized carbons (Fsp3) is 0.600. The lowest BCUT2D eigenvalue weighted by atomic mass is 10.2. The highest BCUT2D eigenvalue weighted by Crippen LogP contribution is 2.19. The van der Waals surface area contributed by atoms with Crippen molar-refractivity contribution < 1.29 is 8.42 Å². The molecule has 0 heterocycles. The quantitative estimate of drug-likeness (QED) is 0.802. The molecule has 114 valence electrons. The Morgan fingerprint density at radius 3 is 2.60 bits per heavy atom. The van der Waals surface area contributed by atoms with Crippen LogP contribution in [0.4, 0.5) is 0 Å². The maximum absolute atomic E-state index is 12.6. The maximum atomic E-state index is 12.6. The van der Waals surface area contributed by atoms with Crippen molar-refractivity contribution >= 4 is 10.0 Å². The molecule has 0 fully saturated rings. The number of sulfonamides is 1. The van der Waals surface area contributed by atoms with E-state index in [-0.39, 0.29) is 6.04 Å². The minimum Gasteiger partial charge on any atom is -0.313 e. The number of hydrogen-bond acceptors (Lipinski definition) is 3. The average Bonchev–Trinajstić information content (AvgIpc) is 2.44. The highest BCUT2D eigenvalue weighted by Gasteiger charge is 2.24. The van der Waals surface area contributed by atoms with E-state index < -0.39 is 10.0 Å². The molecule has 0 aliphatic heterocycles. The first-order valence-electron chi connectivity index (χ1n) is 7.21. The number of nitrogens with zero attached hydrogens (tertiary/aromatic N) is 1. The number of nitrogens with one attached hydrogen (secondary N) is 1. The molecule has 0 aliphatic carbocycles. The molecule has 0 aromatic heterocycles. The van der Waals surface area contributed by atoms with Crippen molar-refractivity contribution in [1.29, 1.82) is 0 Å². The van der Waals surface area contributed by atoms with Crippen molar-refractivity contribution in [2.24, 2.45) is 0 Å². The average molecular weight is 298 g/mol. The topological polar surface area (TPSA) is 49.4 Å². The summed E-state index contributed by atoms with van der Waals surface area (Å²) in [6.07, 6.45) is 1.84. The number of hydrogen-bond donors (Lipinski definition) is 1. The Kier molecular flexibility index (Phi) is 6.65. The highest BCUT2D eigenvalue weighted by molar-refractivity contribution is 7.89. The third kappa shape index (κ3) is 4.30. The highest BCUT2D eigenvalue weighted by atomic mass is 32.2. The number of rotatable bonds is 8. The van der Waals surface area contributed by atoms with Gasteiger partial charge in [0.15, 0.2) is 0 Å². The van der Waals surface area contributed by atoms with Crippen LogP contribution in [0.1, 0.15) is 39.2 Å². The van der Waals surface area contributed by atoms with Crippen LogP contribution in [0.15, 0.2) is 29.2 Å². The van der Waals surface area contributed by atoms with Gasteiger partial charge in [0.05, 0.1) is 4.90 Å². The van der Waals surface area contributed by atoms with Gasteiger partial charge in [0.2, 0.25) is 10.0 Å². The van der Waals surface area contributed by atoms with Crippen LogP contribution < -0.4 is 5.32 Å². The van der Waals surface area contributed by atoms with Gasteiger partial charge in [-0.15, -0.1) is 0 Å². The Labute approximate surface area is 123 Å². The van der Waals surface area contributed by atoms with Crippen LogP contribution >= 0.6 is 0 Å². The molecule has 1 atom stereocenters. The van der Waals surface area contributed by atoms with Gasteiger partial charge in [0.1, 0.15) is 0 Å². The Morgan fingerprint density at radius 2 is 2.00 bits per heavy atom. The summed E-state index contributed by atoms with van der Waals surface area (Å²) < 4.78 is 26.6. The van der Waals surface area contributed by atoms with Crippen LogP contribution in [0.25, 0.3) is 0 Å². The first kappa shape index (κ1) is 17.1. The lowest BCUT2D eigenvalue weighted by molar-refractivity contribution is 0.368. The van der Waals surface area contributed by atoms with Crippen LogP contribution in [-0.2, 0) is 16.6 Å². The van der Waals surface area contributed by atoms with Gasteiger partial charge in [-0.2, -0.15) is 4.31 Å². The summed E-state index contributed by atoms with van der Waals surface area (Å²) in [7, 11) is -1.74. The first-order valence-corrected chi connectivity index (χ1v) is 8.65. The van der Waals surface area contributed by atoms with Gasteiger partial charge < -0.3 is 5.32 Å². The van der Waals surface area contributed by atoms with Gasteiger partial charge in [-0.25, -0.2) is 8.42 Å². The minimum absolute atomic E-state index is 0.0161. The Hall–Kier alpha value is -0.910. The predicted octanol–water partition coefficient (Wildman–Crippen LogP) is 2.61. The lowest BCUT2D eigenvalue weighted by Crippen LogP contribution is -2.35. The Bertz CT molecular complexity index is 514. The second-order valence-electron chi connectivity index (χ2n) is 5.09. The molecule has 1 aromatic carbocycles. The zero-order chi connectivity index (χ0) is 15.2. The molecule has 0 saturated heterocycles. The third-order valence-corrected chi connectivity index (χ3v) is 5.45. The molecular formula is C15H26N2O2S. The second-order valence-corrected chi connectivity index (χ2v) is 7.08. The third-order valence-electron chi connectivity index (χ3n) is 3.48. The van der Waals surface area contributed by atoms with Crippen LogP contribution in [0.5, 0.6) is 0 Å². The Morgan fingerprint density at radius 1 is 1.30 bits per heavy atom. The molecule has 5 heteroatoms. The van der Waals surface area contributed by atoms with Gasteiger partial charge >= 0.3 is 0 Å². The van der Waals surface area contributed by atoms with Crippen LogP contribution in [0.2, 0.25) is 0 Å². The molecule has 0 saturated carbocycles. The van der Waals surface area contributed by atoms with E-state index in [0.29, 0.717) is 11.4 Å². The molecule has 4 nitrogen and oxygen atoms in total. The molecule has 0 amide bonds. The molecule has 1 N–H and O–H groups in total. The van der Waals surface area contributed by atoms with E-state index in [1.165, 1.54) is 4.31 Å². The molecule has 0 bridgehead atoms. The summed E-state index contributed by atoms with van der Waals surface area (Å²) in [6.45, 7) is 7.59. The minimum atomic E-state index is -3.40. The van der Waals surface area contributed by atoms with E-state index in [9.17, 15) is 8.42 Å². The maximum Gasteiger partial charge on any atom is 0.243 e. The van der Waals surface area contributed by atoms with Crippen molar-refractivity contribution in [3.63, 3.8) is 0 Å². The van der Waals surface area contributed by atoms with Crippen molar-refractivity contribution in [3.05, 3.63) is 29.8 Å². The van der Waals surface area contributed by atoms with E-state index >= 15 is 0 Å². The molecule has 20 heavy (non-hydrogen) atoms. The van der Waals surface area contributed by atoms with E-state index in [4.69, 9.17) is 0 Å². The molecule has 0 aliphatic rings. The summed E-state index contributed by atoms with van der Waals surface area (Å²) in [5.74, 6) is 0. The first-order chi connectivity index (χ1) is 9.43. The van der Waals surface area contributed by atoms with Gasteiger partial charge in [-0.3, -0.25) is 0 Å².